The van der Waals surface area contributed by atoms with E-state index in [2.05, 4.69) is 17.4 Å². The molecule has 2 N–H and O–H groups in total. The number of carboxylic acids is 1. The van der Waals surface area contributed by atoms with E-state index in [1.165, 1.54) is 15.5 Å². The first-order chi connectivity index (χ1) is 18.3. The Morgan fingerprint density at radius 3 is 2.29 bits per heavy atom. The molecule has 10 heteroatoms. The molecule has 202 valence electrons. The lowest BCUT2D eigenvalue weighted by molar-refractivity contribution is -0.187. The molecular formula is C28H35N5O5. The highest BCUT2D eigenvalue weighted by Crippen LogP contribution is 2.28. The Kier molecular flexibility index (Phi) is 8.96. The minimum Gasteiger partial charge on any atom is -0.481 e. The number of piperazine rings is 1. The summed E-state index contributed by atoms with van der Waals surface area (Å²) in [6.07, 6.45) is 1.55. The predicted molar refractivity (Wildman–Crippen MR) is 140 cm³/mol. The maximum atomic E-state index is 13.5. The summed E-state index contributed by atoms with van der Waals surface area (Å²) in [5, 5.41) is 15.3. The van der Waals surface area contributed by atoms with Crippen LogP contribution in [0.3, 0.4) is 0 Å². The highest BCUT2D eigenvalue weighted by molar-refractivity contribution is 5.91. The van der Waals surface area contributed by atoms with E-state index in [-0.39, 0.29) is 43.8 Å². The van der Waals surface area contributed by atoms with Crippen molar-refractivity contribution < 1.29 is 24.3 Å². The summed E-state index contributed by atoms with van der Waals surface area (Å²) in [7, 11) is 1.67. The maximum absolute atomic E-state index is 13.5. The van der Waals surface area contributed by atoms with Gasteiger partial charge in [0.2, 0.25) is 11.8 Å². The average Bonchev–Trinajstić information content (AvgIpc) is 2.91. The molecule has 0 saturated carbocycles. The van der Waals surface area contributed by atoms with Crippen molar-refractivity contribution in [2.75, 3.05) is 26.7 Å². The number of aryl methyl sites for hydroxylation is 1. The molecule has 38 heavy (non-hydrogen) atoms. The zero-order valence-corrected chi connectivity index (χ0v) is 21.7. The van der Waals surface area contributed by atoms with E-state index in [1.807, 2.05) is 48.5 Å². The Morgan fingerprint density at radius 1 is 0.974 bits per heavy atom. The summed E-state index contributed by atoms with van der Waals surface area (Å²) in [6, 6.07) is 18.3. The van der Waals surface area contributed by atoms with E-state index in [0.717, 1.165) is 24.8 Å². The van der Waals surface area contributed by atoms with Gasteiger partial charge >= 0.3 is 12.0 Å². The van der Waals surface area contributed by atoms with Crippen molar-refractivity contribution in [2.45, 2.75) is 50.9 Å². The van der Waals surface area contributed by atoms with Gasteiger partial charge in [0, 0.05) is 26.6 Å². The average molecular weight is 522 g/mol. The normalized spacial score (nSPS) is 19.9. The van der Waals surface area contributed by atoms with Crippen LogP contribution >= 0.6 is 0 Å². The van der Waals surface area contributed by atoms with Gasteiger partial charge in [-0.15, -0.1) is 0 Å². The Hall–Kier alpha value is -3.92. The molecular weight excluding hydrogens is 486 g/mol. The molecule has 2 aliphatic rings. The smallest absolute Gasteiger partial charge is 0.334 e. The van der Waals surface area contributed by atoms with Gasteiger partial charge in [0.1, 0.15) is 12.2 Å². The molecule has 2 heterocycles. The summed E-state index contributed by atoms with van der Waals surface area (Å²) in [4.78, 5) is 54.4. The monoisotopic (exact) mass is 521 g/mol. The minimum absolute atomic E-state index is 0.000110. The van der Waals surface area contributed by atoms with Crippen molar-refractivity contribution in [3.63, 3.8) is 0 Å². The number of nitrogens with one attached hydrogen (secondary N) is 1. The summed E-state index contributed by atoms with van der Waals surface area (Å²) in [5.74, 6) is -1.59. The predicted octanol–water partition coefficient (Wildman–Crippen LogP) is 2.31. The molecule has 2 fully saturated rings. The Bertz CT molecular complexity index is 1130. The number of carbonyl (C=O) groups is 4. The number of urea groups is 1. The van der Waals surface area contributed by atoms with Gasteiger partial charge in [-0.3, -0.25) is 14.4 Å². The molecule has 2 aromatic rings. The van der Waals surface area contributed by atoms with Crippen LogP contribution in [0, 0.1) is 0 Å². The molecule has 2 aliphatic heterocycles. The first kappa shape index (κ1) is 27.1. The van der Waals surface area contributed by atoms with Gasteiger partial charge in [0.25, 0.3) is 0 Å². The standard InChI is InChI=1S/C28H35N5O5/c1-30-20-25(34)32-23(15-16-26(35)36)27(37)31(17-9-8-12-21-10-4-2-5-11-21)19-24(32)33(30)28(38)29-18-22-13-6-3-7-14-22/h2-7,10-11,13-14,23-24H,8-9,12,15-20H2,1H3,(H,29,38)(H,35,36)/t23-,24-/m0/s1. The van der Waals surface area contributed by atoms with E-state index in [0.29, 0.717) is 13.1 Å². The van der Waals surface area contributed by atoms with Gasteiger partial charge in [-0.05, 0) is 36.8 Å². The van der Waals surface area contributed by atoms with Crippen LogP contribution < -0.4 is 5.32 Å². The van der Waals surface area contributed by atoms with Crippen molar-refractivity contribution in [2.24, 2.45) is 0 Å². The van der Waals surface area contributed by atoms with Crippen LogP contribution in [0.25, 0.3) is 0 Å². The number of aliphatic carboxylic acids is 1. The number of hydrogen-bond acceptors (Lipinski definition) is 5. The molecule has 0 bridgehead atoms. The third-order valence-corrected chi connectivity index (χ3v) is 7.05. The number of rotatable bonds is 10. The second-order valence-corrected chi connectivity index (χ2v) is 9.76. The summed E-state index contributed by atoms with van der Waals surface area (Å²) in [5.41, 5.74) is 2.16. The number of fused-ring (bicyclic) bond motifs is 1. The molecule has 2 saturated heterocycles. The molecule has 2 atom stereocenters. The highest BCUT2D eigenvalue weighted by atomic mass is 16.4. The third kappa shape index (κ3) is 6.49. The fourth-order valence-corrected chi connectivity index (χ4v) is 5.17. The maximum Gasteiger partial charge on any atom is 0.334 e. The second-order valence-electron chi connectivity index (χ2n) is 9.76. The van der Waals surface area contributed by atoms with Crippen LogP contribution in [0.4, 0.5) is 4.79 Å². The Balaban J connectivity index is 1.49. The second kappa shape index (κ2) is 12.6. The zero-order valence-electron chi connectivity index (χ0n) is 21.7. The molecule has 0 aromatic heterocycles. The Morgan fingerprint density at radius 2 is 1.63 bits per heavy atom. The number of hydrogen-bond donors (Lipinski definition) is 2. The topological polar surface area (TPSA) is 114 Å². The fraction of sp³-hybridized carbons (Fsp3) is 0.429. The van der Waals surface area contributed by atoms with E-state index >= 15 is 0 Å². The van der Waals surface area contributed by atoms with Gasteiger partial charge in [-0.25, -0.2) is 14.8 Å². The molecule has 2 aromatic carbocycles. The minimum atomic E-state index is -1.03. The zero-order chi connectivity index (χ0) is 27.1. The van der Waals surface area contributed by atoms with E-state index < -0.39 is 18.2 Å². The molecule has 0 unspecified atom stereocenters. The Labute approximate surface area is 222 Å². The highest BCUT2D eigenvalue weighted by Gasteiger charge is 2.50. The number of benzene rings is 2. The molecule has 4 rings (SSSR count). The van der Waals surface area contributed by atoms with E-state index in [1.54, 1.807) is 17.0 Å². The van der Waals surface area contributed by atoms with Crippen LogP contribution in [-0.4, -0.2) is 87.6 Å². The van der Waals surface area contributed by atoms with Gasteiger partial charge in [-0.2, -0.15) is 0 Å². The number of unbranched alkanes of at least 4 members (excludes halogenated alkanes) is 1. The van der Waals surface area contributed by atoms with Gasteiger partial charge in [-0.1, -0.05) is 60.7 Å². The van der Waals surface area contributed by atoms with Gasteiger partial charge < -0.3 is 20.2 Å². The largest absolute Gasteiger partial charge is 0.481 e. The van der Waals surface area contributed by atoms with Crippen molar-refractivity contribution >= 4 is 23.8 Å². The summed E-state index contributed by atoms with van der Waals surface area (Å²) < 4.78 is 0. The number of hydrazine groups is 1. The van der Waals surface area contributed by atoms with Crippen molar-refractivity contribution in [1.29, 1.82) is 0 Å². The van der Waals surface area contributed by atoms with Crippen LogP contribution in [0.1, 0.15) is 36.8 Å². The number of carbonyl (C=O) groups excluding carboxylic acids is 3. The number of carboxylic acid groups (broad SMARTS) is 1. The number of amides is 4. The SMILES string of the molecule is CN1CC(=O)N2[C@@H](CCC(=O)O)C(=O)N(CCCCc3ccccc3)C[C@@H]2N1C(=O)NCc1ccccc1. The number of nitrogens with zero attached hydrogens (tertiary/aromatic N) is 4. The van der Waals surface area contributed by atoms with Crippen molar-refractivity contribution in [3.8, 4) is 0 Å². The van der Waals surface area contributed by atoms with E-state index in [9.17, 15) is 24.3 Å². The van der Waals surface area contributed by atoms with Gasteiger partial charge in [0.05, 0.1) is 13.1 Å². The lowest BCUT2D eigenvalue weighted by Crippen LogP contribution is -2.76. The first-order valence-electron chi connectivity index (χ1n) is 13.0. The number of likely N-dealkylation sites (N-methyl/N-ethyl adjacent to an activating group) is 1. The lowest BCUT2D eigenvalue weighted by atomic mass is 10.0. The van der Waals surface area contributed by atoms with E-state index in [4.69, 9.17) is 0 Å². The third-order valence-electron chi connectivity index (χ3n) is 7.05. The van der Waals surface area contributed by atoms with Crippen molar-refractivity contribution in [1.82, 2.24) is 25.1 Å². The van der Waals surface area contributed by atoms with Gasteiger partial charge in [0.15, 0.2) is 0 Å². The molecule has 0 aliphatic carbocycles. The summed E-state index contributed by atoms with van der Waals surface area (Å²) >= 11 is 0. The quantitative estimate of drug-likeness (QED) is 0.464. The van der Waals surface area contributed by atoms with Crippen LogP contribution in [-0.2, 0) is 27.3 Å². The molecule has 0 spiro atoms. The first-order valence-corrected chi connectivity index (χ1v) is 13.0. The van der Waals surface area contributed by atoms with Crippen LogP contribution in [0.5, 0.6) is 0 Å². The molecule has 0 radical (unpaired) electrons. The lowest BCUT2D eigenvalue weighted by Gasteiger charge is -2.54. The van der Waals surface area contributed by atoms with Crippen LogP contribution in [0.15, 0.2) is 60.7 Å². The fourth-order valence-electron chi connectivity index (χ4n) is 5.17. The van der Waals surface area contributed by atoms with Crippen LogP contribution in [0.2, 0.25) is 0 Å². The molecule has 4 amide bonds. The van der Waals surface area contributed by atoms with Crippen molar-refractivity contribution in [3.05, 3.63) is 71.8 Å². The summed E-state index contributed by atoms with van der Waals surface area (Å²) in [6.45, 7) is 0.873. The molecule has 10 nitrogen and oxygen atoms in total.